The van der Waals surface area contributed by atoms with Gasteiger partial charge in [0.1, 0.15) is 5.54 Å². The molecule has 1 aliphatic heterocycles. The first-order chi connectivity index (χ1) is 4.83. The van der Waals surface area contributed by atoms with Crippen LogP contribution in [0.1, 0.15) is 13.3 Å². The molecule has 1 N–H and O–H groups in total. The Labute approximate surface area is 61.0 Å². The molecule has 1 aliphatic rings. The van der Waals surface area contributed by atoms with Crippen molar-refractivity contribution in [2.45, 2.75) is 18.9 Å². The lowest BCUT2D eigenvalue weighted by Crippen LogP contribution is -2.52. The average Bonchev–Trinajstić information content (AvgIpc) is 2.06. The normalized spacial score (nSPS) is 33.2. The molecule has 0 aromatic carbocycles. The third-order valence-corrected chi connectivity index (χ3v) is 1.88. The van der Waals surface area contributed by atoms with E-state index in [-0.39, 0.29) is 0 Å². The molecule has 1 fully saturated rings. The predicted molar refractivity (Wildman–Crippen MR) is 37.5 cm³/mol. The van der Waals surface area contributed by atoms with E-state index in [9.17, 15) is 0 Å². The van der Waals surface area contributed by atoms with E-state index < -0.39 is 5.54 Å². The molecule has 0 amide bonds. The molecule has 0 radical (unpaired) electrons. The van der Waals surface area contributed by atoms with Crippen LogP contribution in [0.4, 0.5) is 0 Å². The van der Waals surface area contributed by atoms with Crippen molar-refractivity contribution in [2.75, 3.05) is 19.8 Å². The fourth-order valence-electron chi connectivity index (χ4n) is 1.04. The summed E-state index contributed by atoms with van der Waals surface area (Å²) in [5, 5.41) is 11.9. The van der Waals surface area contributed by atoms with Crippen molar-refractivity contribution in [2.24, 2.45) is 0 Å². The van der Waals surface area contributed by atoms with Gasteiger partial charge in [-0.1, -0.05) is 6.92 Å². The van der Waals surface area contributed by atoms with Crippen molar-refractivity contribution < 1.29 is 4.74 Å². The summed E-state index contributed by atoms with van der Waals surface area (Å²) in [4.78, 5) is 0. The predicted octanol–water partition coefficient (Wildman–Crippen LogP) is 0.279. The number of nitriles is 1. The third-order valence-electron chi connectivity index (χ3n) is 1.88. The highest BCUT2D eigenvalue weighted by Gasteiger charge is 2.29. The van der Waals surface area contributed by atoms with Crippen LogP contribution in [0.25, 0.3) is 0 Å². The zero-order valence-corrected chi connectivity index (χ0v) is 6.18. The molecule has 0 aliphatic carbocycles. The maximum atomic E-state index is 8.75. The van der Waals surface area contributed by atoms with Gasteiger partial charge in [0.15, 0.2) is 0 Å². The number of hydrogen-bond donors (Lipinski definition) is 1. The number of morpholine rings is 1. The highest BCUT2D eigenvalue weighted by molar-refractivity contribution is 5.07. The number of ether oxygens (including phenoxy) is 1. The lowest BCUT2D eigenvalue weighted by atomic mass is 9.98. The van der Waals surface area contributed by atoms with Gasteiger partial charge in [0.25, 0.3) is 0 Å². The van der Waals surface area contributed by atoms with E-state index in [0.29, 0.717) is 6.61 Å². The number of rotatable bonds is 1. The minimum Gasteiger partial charge on any atom is -0.377 e. The summed E-state index contributed by atoms with van der Waals surface area (Å²) in [5.41, 5.74) is -0.405. The largest absolute Gasteiger partial charge is 0.377 e. The molecule has 56 valence electrons. The van der Waals surface area contributed by atoms with Crippen LogP contribution in [-0.2, 0) is 4.74 Å². The van der Waals surface area contributed by atoms with E-state index in [2.05, 4.69) is 11.4 Å². The molecule has 1 heterocycles. The van der Waals surface area contributed by atoms with E-state index >= 15 is 0 Å². The number of hydrogen-bond acceptors (Lipinski definition) is 3. The van der Waals surface area contributed by atoms with Crippen molar-refractivity contribution in [3.63, 3.8) is 0 Å². The van der Waals surface area contributed by atoms with Gasteiger partial charge >= 0.3 is 0 Å². The van der Waals surface area contributed by atoms with E-state index in [1.165, 1.54) is 0 Å². The Bertz CT molecular complexity index is 144. The number of nitrogens with zero attached hydrogens (tertiary/aromatic N) is 1. The topological polar surface area (TPSA) is 45.0 Å². The summed E-state index contributed by atoms with van der Waals surface area (Å²) >= 11 is 0. The molecule has 0 spiro atoms. The van der Waals surface area contributed by atoms with Crippen molar-refractivity contribution in [1.29, 1.82) is 5.26 Å². The van der Waals surface area contributed by atoms with Gasteiger partial charge in [-0.25, -0.2) is 0 Å². The van der Waals surface area contributed by atoms with Crippen molar-refractivity contribution >= 4 is 0 Å². The molecule has 10 heavy (non-hydrogen) atoms. The van der Waals surface area contributed by atoms with Gasteiger partial charge in [-0.2, -0.15) is 5.26 Å². The summed E-state index contributed by atoms with van der Waals surface area (Å²) < 4.78 is 5.18. The Morgan fingerprint density at radius 2 is 2.60 bits per heavy atom. The summed E-state index contributed by atoms with van der Waals surface area (Å²) in [6.07, 6.45) is 0.809. The van der Waals surface area contributed by atoms with Crippen LogP contribution in [0.5, 0.6) is 0 Å². The van der Waals surface area contributed by atoms with Gasteiger partial charge in [-0.3, -0.25) is 5.32 Å². The minimum absolute atomic E-state index is 0.405. The van der Waals surface area contributed by atoms with Gasteiger partial charge in [0, 0.05) is 6.54 Å². The van der Waals surface area contributed by atoms with Gasteiger partial charge in [0.05, 0.1) is 19.3 Å². The Morgan fingerprint density at radius 3 is 2.90 bits per heavy atom. The van der Waals surface area contributed by atoms with Crippen molar-refractivity contribution in [3.8, 4) is 6.07 Å². The second-order valence-electron chi connectivity index (χ2n) is 2.53. The van der Waals surface area contributed by atoms with Crippen molar-refractivity contribution in [1.82, 2.24) is 5.32 Å². The van der Waals surface area contributed by atoms with Crippen LogP contribution in [-0.4, -0.2) is 25.3 Å². The molecular formula is C7H12N2O. The monoisotopic (exact) mass is 140 g/mol. The molecule has 0 aromatic rings. The summed E-state index contributed by atoms with van der Waals surface area (Å²) in [5.74, 6) is 0. The van der Waals surface area contributed by atoms with E-state index in [4.69, 9.17) is 10.00 Å². The number of nitrogens with one attached hydrogen (secondary N) is 1. The molecule has 0 aromatic heterocycles. The van der Waals surface area contributed by atoms with E-state index in [1.807, 2.05) is 6.92 Å². The molecule has 1 unspecified atom stereocenters. The third kappa shape index (κ3) is 1.28. The zero-order chi connectivity index (χ0) is 7.45. The summed E-state index contributed by atoms with van der Waals surface area (Å²) in [7, 11) is 0. The first-order valence-electron chi connectivity index (χ1n) is 3.57. The molecule has 0 saturated carbocycles. The molecule has 3 nitrogen and oxygen atoms in total. The molecule has 0 bridgehead atoms. The van der Waals surface area contributed by atoms with Gasteiger partial charge in [-0.05, 0) is 6.42 Å². The second kappa shape index (κ2) is 3.00. The lowest BCUT2D eigenvalue weighted by Gasteiger charge is -2.30. The van der Waals surface area contributed by atoms with Crippen LogP contribution < -0.4 is 5.32 Å². The highest BCUT2D eigenvalue weighted by Crippen LogP contribution is 2.11. The fraction of sp³-hybridized carbons (Fsp3) is 0.857. The maximum Gasteiger partial charge on any atom is 0.130 e. The fourth-order valence-corrected chi connectivity index (χ4v) is 1.04. The standard InChI is InChI=1S/C7H12N2O/c1-2-7(5-8)6-10-4-3-9-7/h9H,2-4,6H2,1H3. The van der Waals surface area contributed by atoms with Crippen LogP contribution in [0.15, 0.2) is 0 Å². The zero-order valence-electron chi connectivity index (χ0n) is 6.18. The van der Waals surface area contributed by atoms with Crippen LogP contribution in [0, 0.1) is 11.3 Å². The molecule has 3 heteroatoms. The maximum absolute atomic E-state index is 8.75. The smallest absolute Gasteiger partial charge is 0.130 e. The van der Waals surface area contributed by atoms with E-state index in [1.54, 1.807) is 0 Å². The Hall–Kier alpha value is -0.590. The van der Waals surface area contributed by atoms with Crippen LogP contribution >= 0.6 is 0 Å². The summed E-state index contributed by atoms with van der Waals surface area (Å²) in [6.45, 7) is 4.04. The SMILES string of the molecule is CCC1(C#N)COCCN1. The molecule has 1 atom stereocenters. The van der Waals surface area contributed by atoms with Crippen LogP contribution in [0.2, 0.25) is 0 Å². The van der Waals surface area contributed by atoms with Gasteiger partial charge < -0.3 is 4.74 Å². The van der Waals surface area contributed by atoms with Crippen molar-refractivity contribution in [3.05, 3.63) is 0 Å². The minimum atomic E-state index is -0.405. The average molecular weight is 140 g/mol. The highest BCUT2D eigenvalue weighted by atomic mass is 16.5. The lowest BCUT2D eigenvalue weighted by molar-refractivity contribution is 0.0495. The first kappa shape index (κ1) is 7.52. The van der Waals surface area contributed by atoms with Gasteiger partial charge in [0.2, 0.25) is 0 Å². The summed E-state index contributed by atoms with van der Waals surface area (Å²) in [6, 6.07) is 2.23. The van der Waals surface area contributed by atoms with E-state index in [0.717, 1.165) is 19.6 Å². The Morgan fingerprint density at radius 1 is 1.80 bits per heavy atom. The quantitative estimate of drug-likeness (QED) is 0.569. The van der Waals surface area contributed by atoms with Crippen LogP contribution in [0.3, 0.4) is 0 Å². The molecule has 1 saturated heterocycles. The Balaban J connectivity index is 2.55. The first-order valence-corrected chi connectivity index (χ1v) is 3.57. The second-order valence-corrected chi connectivity index (χ2v) is 2.53. The van der Waals surface area contributed by atoms with Gasteiger partial charge in [-0.15, -0.1) is 0 Å². The Kier molecular flexibility index (Phi) is 2.25. The molecule has 1 rings (SSSR count). The molecular weight excluding hydrogens is 128 g/mol.